The van der Waals surface area contributed by atoms with E-state index in [2.05, 4.69) is 103 Å². The van der Waals surface area contributed by atoms with Crippen molar-refractivity contribution in [1.29, 1.82) is 0 Å². The average molecular weight is 429 g/mol. The van der Waals surface area contributed by atoms with Crippen molar-refractivity contribution in [3.05, 3.63) is 114 Å². The molecule has 0 saturated heterocycles. The first-order chi connectivity index (χ1) is 16.3. The normalized spacial score (nSPS) is 12.7. The average Bonchev–Trinajstić information content (AvgIpc) is 3.31. The van der Waals surface area contributed by atoms with Gasteiger partial charge in [0.2, 0.25) is 0 Å². The van der Waals surface area contributed by atoms with Gasteiger partial charge in [0.05, 0.1) is 0 Å². The van der Waals surface area contributed by atoms with Crippen LogP contribution in [0.3, 0.4) is 0 Å². The molecule has 0 N–H and O–H groups in total. The third-order valence-electron chi connectivity index (χ3n) is 6.51. The highest BCUT2D eigenvalue weighted by molar-refractivity contribution is 6.12. The first kappa shape index (κ1) is 19.8. The molecule has 33 heavy (non-hydrogen) atoms. The number of benzene rings is 5. The fourth-order valence-corrected chi connectivity index (χ4v) is 5.01. The van der Waals surface area contributed by atoms with Crippen molar-refractivity contribution in [3.8, 4) is 16.9 Å². The van der Waals surface area contributed by atoms with E-state index in [9.17, 15) is 0 Å². The van der Waals surface area contributed by atoms with Gasteiger partial charge in [0.25, 0.3) is 0 Å². The molecule has 6 rings (SSSR count). The molecule has 0 bridgehead atoms. The van der Waals surface area contributed by atoms with E-state index in [-0.39, 0.29) is 6.79 Å². The predicted molar refractivity (Wildman–Crippen MR) is 137 cm³/mol. The van der Waals surface area contributed by atoms with E-state index in [1.807, 2.05) is 0 Å². The summed E-state index contributed by atoms with van der Waals surface area (Å²) in [6.45, 7) is 0.208. The predicted octanol–water partition coefficient (Wildman–Crippen LogP) is 7.74. The first-order valence-electron chi connectivity index (χ1n) is 11.3. The lowest BCUT2D eigenvalue weighted by Gasteiger charge is -2.20. The van der Waals surface area contributed by atoms with Crippen LogP contribution in [-0.2, 0) is 11.2 Å². The Labute approximate surface area is 193 Å². The van der Waals surface area contributed by atoms with Crippen LogP contribution < -0.4 is 4.74 Å². The van der Waals surface area contributed by atoms with E-state index < -0.39 is 0 Å². The molecule has 1 aliphatic carbocycles. The molecule has 0 spiro atoms. The van der Waals surface area contributed by atoms with E-state index in [4.69, 9.17) is 9.47 Å². The number of rotatable bonds is 5. The molecule has 0 radical (unpaired) electrons. The maximum absolute atomic E-state index is 6.14. The summed E-state index contributed by atoms with van der Waals surface area (Å²) in [5, 5.41) is 4.82. The molecule has 0 unspecified atom stereocenters. The van der Waals surface area contributed by atoms with Crippen molar-refractivity contribution in [1.82, 2.24) is 0 Å². The van der Waals surface area contributed by atoms with Crippen LogP contribution in [0.1, 0.15) is 16.7 Å². The van der Waals surface area contributed by atoms with Gasteiger partial charge in [0.15, 0.2) is 6.79 Å². The number of hydrogen-bond donors (Lipinski definition) is 0. The lowest BCUT2D eigenvalue weighted by molar-refractivity contribution is 0.0516. The Morgan fingerprint density at radius 2 is 1.33 bits per heavy atom. The molecule has 160 valence electrons. The van der Waals surface area contributed by atoms with Crippen LogP contribution in [-0.4, -0.2) is 13.9 Å². The highest BCUT2D eigenvalue weighted by Gasteiger charge is 2.22. The molecule has 0 heterocycles. The zero-order chi connectivity index (χ0) is 22.2. The molecule has 1 aliphatic rings. The van der Waals surface area contributed by atoms with Crippen LogP contribution in [0.4, 0.5) is 0 Å². The molecular formula is C31H24O2. The topological polar surface area (TPSA) is 18.5 Å². The molecule has 2 heteroatoms. The van der Waals surface area contributed by atoms with Gasteiger partial charge in [0, 0.05) is 18.2 Å². The summed E-state index contributed by atoms with van der Waals surface area (Å²) in [6, 6.07) is 34.5. The van der Waals surface area contributed by atoms with Crippen LogP contribution in [0.2, 0.25) is 0 Å². The first-order valence-corrected chi connectivity index (χ1v) is 11.3. The van der Waals surface area contributed by atoms with Gasteiger partial charge in [-0.15, -0.1) is 0 Å². The maximum Gasteiger partial charge on any atom is 0.188 e. The summed E-state index contributed by atoms with van der Waals surface area (Å²) in [5.41, 5.74) is 7.61. The van der Waals surface area contributed by atoms with Gasteiger partial charge in [-0.25, -0.2) is 0 Å². The Bertz CT molecular complexity index is 1530. The highest BCUT2D eigenvalue weighted by atomic mass is 16.7. The number of methoxy groups -OCH3 is 1. The van der Waals surface area contributed by atoms with Crippen LogP contribution in [0.15, 0.2) is 97.1 Å². The maximum atomic E-state index is 6.14. The largest absolute Gasteiger partial charge is 0.467 e. The van der Waals surface area contributed by atoms with E-state index in [0.29, 0.717) is 0 Å². The summed E-state index contributed by atoms with van der Waals surface area (Å²) in [6.07, 6.45) is 3.27. The van der Waals surface area contributed by atoms with Gasteiger partial charge in [-0.05, 0) is 56.3 Å². The Morgan fingerprint density at radius 3 is 2.09 bits per heavy atom. The lowest BCUT2D eigenvalue weighted by Crippen LogP contribution is -2.02. The Hall–Kier alpha value is -3.88. The quantitative estimate of drug-likeness (QED) is 0.267. The molecule has 0 atom stereocenters. The summed E-state index contributed by atoms with van der Waals surface area (Å²) in [5.74, 6) is 0.837. The third-order valence-corrected chi connectivity index (χ3v) is 6.51. The summed E-state index contributed by atoms with van der Waals surface area (Å²) in [7, 11) is 1.66. The molecule has 0 aromatic heterocycles. The number of hydrogen-bond acceptors (Lipinski definition) is 2. The van der Waals surface area contributed by atoms with Crippen molar-refractivity contribution < 1.29 is 9.47 Å². The zero-order valence-corrected chi connectivity index (χ0v) is 18.5. The molecular weight excluding hydrogens is 404 g/mol. The number of ether oxygens (including phenoxy) is 2. The van der Waals surface area contributed by atoms with E-state index >= 15 is 0 Å². The third kappa shape index (κ3) is 3.40. The standard InChI is InChI=1S/C31H24O2/c1-32-20-33-29-17-15-22-9-5-7-13-27(22)31(29)30-26-12-6-4-8-21(26)14-16-28(30)25-18-23-10-2-3-11-24(23)19-25/h2-18H,19-20H2,1H3. The van der Waals surface area contributed by atoms with Gasteiger partial charge in [-0.1, -0.05) is 97.1 Å². The second kappa shape index (κ2) is 8.23. The Morgan fingerprint density at radius 1 is 0.667 bits per heavy atom. The van der Waals surface area contributed by atoms with Crippen molar-refractivity contribution in [3.63, 3.8) is 0 Å². The SMILES string of the molecule is COCOc1ccc2ccccc2c1-c1c(C2=Cc3ccccc3C2)ccc2ccccc12. The van der Waals surface area contributed by atoms with Gasteiger partial charge in [-0.3, -0.25) is 0 Å². The van der Waals surface area contributed by atoms with Gasteiger partial charge in [0.1, 0.15) is 5.75 Å². The zero-order valence-electron chi connectivity index (χ0n) is 18.5. The summed E-state index contributed by atoms with van der Waals surface area (Å²) >= 11 is 0. The minimum absolute atomic E-state index is 0.208. The molecule has 5 aromatic rings. The van der Waals surface area contributed by atoms with Crippen LogP contribution in [0, 0.1) is 0 Å². The van der Waals surface area contributed by atoms with Crippen molar-refractivity contribution in [2.45, 2.75) is 6.42 Å². The molecule has 0 fully saturated rings. The van der Waals surface area contributed by atoms with Crippen LogP contribution >= 0.6 is 0 Å². The monoisotopic (exact) mass is 428 g/mol. The molecule has 0 amide bonds. The Balaban J connectivity index is 1.68. The minimum Gasteiger partial charge on any atom is -0.467 e. The highest BCUT2D eigenvalue weighted by Crippen LogP contribution is 2.46. The molecule has 5 aromatic carbocycles. The summed E-state index contributed by atoms with van der Waals surface area (Å²) in [4.78, 5) is 0. The molecule has 0 saturated carbocycles. The van der Waals surface area contributed by atoms with Crippen LogP contribution in [0.5, 0.6) is 5.75 Å². The molecule has 0 aliphatic heterocycles. The summed E-state index contributed by atoms with van der Waals surface area (Å²) < 4.78 is 11.4. The number of allylic oxidation sites excluding steroid dienone is 1. The van der Waals surface area contributed by atoms with E-state index in [1.54, 1.807) is 7.11 Å². The van der Waals surface area contributed by atoms with Crippen molar-refractivity contribution >= 4 is 33.2 Å². The lowest BCUT2D eigenvalue weighted by atomic mass is 9.86. The molecule has 2 nitrogen and oxygen atoms in total. The van der Waals surface area contributed by atoms with Gasteiger partial charge >= 0.3 is 0 Å². The fourth-order valence-electron chi connectivity index (χ4n) is 5.01. The second-order valence-electron chi connectivity index (χ2n) is 8.47. The Kier molecular flexibility index (Phi) is 4.93. The van der Waals surface area contributed by atoms with Gasteiger partial charge < -0.3 is 9.47 Å². The van der Waals surface area contributed by atoms with Crippen molar-refractivity contribution in [2.75, 3.05) is 13.9 Å². The minimum atomic E-state index is 0.208. The van der Waals surface area contributed by atoms with Crippen molar-refractivity contribution in [2.24, 2.45) is 0 Å². The number of fused-ring (bicyclic) bond motifs is 3. The van der Waals surface area contributed by atoms with Crippen LogP contribution in [0.25, 0.3) is 44.3 Å². The van der Waals surface area contributed by atoms with Gasteiger partial charge in [-0.2, -0.15) is 0 Å². The van der Waals surface area contributed by atoms with E-state index in [1.165, 1.54) is 49.4 Å². The fraction of sp³-hybridized carbons (Fsp3) is 0.0968. The van der Waals surface area contributed by atoms with E-state index in [0.717, 1.165) is 17.7 Å². The smallest absolute Gasteiger partial charge is 0.188 e. The second-order valence-corrected chi connectivity index (χ2v) is 8.47.